The van der Waals surface area contributed by atoms with Gasteiger partial charge in [0.15, 0.2) is 0 Å². The molecule has 1 aliphatic heterocycles. The zero-order valence-electron chi connectivity index (χ0n) is 30.3. The molecule has 286 valence electrons. The van der Waals surface area contributed by atoms with E-state index in [2.05, 4.69) is 20.9 Å². The van der Waals surface area contributed by atoms with E-state index < -0.39 is 29.3 Å². The highest BCUT2D eigenvalue weighted by Crippen LogP contribution is 2.46. The Labute approximate surface area is 316 Å². The summed E-state index contributed by atoms with van der Waals surface area (Å²) in [5, 5.41) is 20.0. The number of aliphatic hydroxyl groups is 1. The summed E-state index contributed by atoms with van der Waals surface area (Å²) in [6.45, 7) is 2.98. The number of ether oxygens (including phenoxy) is 3. The highest BCUT2D eigenvalue weighted by atomic mass is 35.5. The number of carbonyl (C=O) groups excluding carboxylic acids is 1. The molecule has 14 heteroatoms. The number of rotatable bonds is 13. The molecule has 1 saturated heterocycles. The lowest BCUT2D eigenvalue weighted by atomic mass is 9.77. The molecule has 0 bridgehead atoms. The molecule has 2 aliphatic carbocycles. The first-order valence-corrected chi connectivity index (χ1v) is 18.4. The number of halogens is 4. The molecule has 0 unspecified atom stereocenters. The zero-order valence-corrected chi connectivity index (χ0v) is 31.0. The van der Waals surface area contributed by atoms with Crippen LogP contribution in [0, 0.1) is 0 Å². The highest BCUT2D eigenvalue weighted by molar-refractivity contribution is 6.36. The second-order valence-electron chi connectivity index (χ2n) is 14.5. The molecule has 1 amide bonds. The van der Waals surface area contributed by atoms with Gasteiger partial charge in [0.05, 0.1) is 30.5 Å². The standard InChI is InChI=1S/C40H43ClF3N5O5/c1-39(51)17-25(18-39)46-20-23-16-31(40(42,43)44)38(49-37(23)53-3)54-33-14-12-27-26(6-4-7-28(27)33)29-8-5-9-30(35(29)41)32-13-10-22(36(48-32)52-2)19-45-21-24-11-15-34(50)47-24/h4-10,13,16,24-25,33,45-46,51H,11-12,14-15,17-21H2,1-3H3,(H,47,50)/t24-,25-,33-,39-/m0/s1. The SMILES string of the molecule is COc1nc(-c2cccc(-c3cccc4c3CC[C@@H]4Oc3nc(OC)c(CN[C@H]4C[C@](C)(O)C4)cc3C(F)(F)F)c2Cl)ccc1CNC[C@@H]1CCC(=O)N1. The third kappa shape index (κ3) is 8.00. The molecule has 3 aliphatic rings. The number of methoxy groups -OCH3 is 2. The van der Waals surface area contributed by atoms with E-state index >= 15 is 0 Å². The van der Waals surface area contributed by atoms with E-state index in [1.54, 1.807) is 14.0 Å². The maximum absolute atomic E-state index is 14.5. The topological polar surface area (TPSA) is 127 Å². The number of amides is 1. The van der Waals surface area contributed by atoms with Crippen LogP contribution in [0.4, 0.5) is 13.2 Å². The number of nitrogens with zero attached hydrogens (tertiary/aromatic N) is 2. The Morgan fingerprint density at radius 2 is 1.65 bits per heavy atom. The van der Waals surface area contributed by atoms with Crippen molar-refractivity contribution in [2.75, 3.05) is 20.8 Å². The van der Waals surface area contributed by atoms with Crippen LogP contribution in [0.15, 0.2) is 54.6 Å². The van der Waals surface area contributed by atoms with E-state index in [0.29, 0.717) is 67.4 Å². The molecule has 4 N–H and O–H groups in total. The summed E-state index contributed by atoms with van der Waals surface area (Å²) in [7, 11) is 2.93. The Kier molecular flexibility index (Phi) is 10.8. The second-order valence-corrected chi connectivity index (χ2v) is 14.9. The monoisotopic (exact) mass is 765 g/mol. The van der Waals surface area contributed by atoms with Crippen molar-refractivity contribution in [2.45, 2.75) is 88.5 Å². The minimum Gasteiger partial charge on any atom is -0.481 e. The fourth-order valence-corrected chi connectivity index (χ4v) is 8.05. The molecular formula is C40H43ClF3N5O5. The molecule has 1 saturated carbocycles. The molecule has 2 fully saturated rings. The minimum absolute atomic E-state index is 0.0139. The lowest BCUT2D eigenvalue weighted by Crippen LogP contribution is -2.51. The Hall–Kier alpha value is -4.43. The van der Waals surface area contributed by atoms with Gasteiger partial charge in [0.1, 0.15) is 11.7 Å². The summed E-state index contributed by atoms with van der Waals surface area (Å²) in [5.41, 5.74) is 4.01. The summed E-state index contributed by atoms with van der Waals surface area (Å²) in [5.74, 6) is 0.0311. The predicted octanol–water partition coefficient (Wildman–Crippen LogP) is 6.94. The van der Waals surface area contributed by atoms with E-state index in [1.807, 2.05) is 48.5 Å². The van der Waals surface area contributed by atoms with Crippen molar-refractivity contribution in [1.82, 2.24) is 25.9 Å². The van der Waals surface area contributed by atoms with E-state index in [-0.39, 0.29) is 36.0 Å². The molecule has 54 heavy (non-hydrogen) atoms. The van der Waals surface area contributed by atoms with Crippen LogP contribution in [0.3, 0.4) is 0 Å². The van der Waals surface area contributed by atoms with Gasteiger partial charge in [-0.15, -0.1) is 0 Å². The maximum atomic E-state index is 14.5. The fraction of sp³-hybridized carbons (Fsp3) is 0.425. The van der Waals surface area contributed by atoms with Crippen LogP contribution in [0.5, 0.6) is 17.6 Å². The van der Waals surface area contributed by atoms with Gasteiger partial charge >= 0.3 is 6.18 Å². The molecular weight excluding hydrogens is 723 g/mol. The largest absolute Gasteiger partial charge is 0.481 e. The van der Waals surface area contributed by atoms with Crippen LogP contribution in [0.1, 0.15) is 72.9 Å². The van der Waals surface area contributed by atoms with Crippen LogP contribution >= 0.6 is 11.6 Å². The number of carbonyl (C=O) groups is 1. The number of benzene rings is 2. The minimum atomic E-state index is -4.72. The first-order chi connectivity index (χ1) is 25.8. The molecule has 2 aromatic heterocycles. The molecule has 2 atom stereocenters. The van der Waals surface area contributed by atoms with Gasteiger partial charge in [-0.05, 0) is 67.9 Å². The van der Waals surface area contributed by atoms with Crippen molar-refractivity contribution in [1.29, 1.82) is 0 Å². The second kappa shape index (κ2) is 15.4. The predicted molar refractivity (Wildman–Crippen MR) is 198 cm³/mol. The summed E-state index contributed by atoms with van der Waals surface area (Å²) >= 11 is 7.11. The van der Waals surface area contributed by atoms with Crippen LogP contribution in [0.25, 0.3) is 22.4 Å². The van der Waals surface area contributed by atoms with Crippen molar-refractivity contribution < 1.29 is 37.3 Å². The molecule has 3 heterocycles. The average Bonchev–Trinajstić information content (AvgIpc) is 3.75. The number of nitrogens with one attached hydrogen (secondary N) is 3. The Bertz CT molecular complexity index is 2040. The lowest BCUT2D eigenvalue weighted by Gasteiger charge is -2.41. The van der Waals surface area contributed by atoms with Crippen molar-refractivity contribution >= 4 is 17.5 Å². The fourth-order valence-electron chi connectivity index (χ4n) is 7.72. The van der Waals surface area contributed by atoms with Gasteiger partial charge in [-0.1, -0.05) is 54.1 Å². The van der Waals surface area contributed by atoms with Crippen LogP contribution in [0.2, 0.25) is 5.02 Å². The molecule has 0 spiro atoms. The third-order valence-corrected chi connectivity index (χ3v) is 10.8. The van der Waals surface area contributed by atoms with Gasteiger partial charge in [-0.25, -0.2) is 4.98 Å². The number of hydrogen-bond donors (Lipinski definition) is 4. The van der Waals surface area contributed by atoms with Gasteiger partial charge in [0.2, 0.25) is 23.5 Å². The quantitative estimate of drug-likeness (QED) is 0.115. The van der Waals surface area contributed by atoms with E-state index in [4.69, 9.17) is 30.8 Å². The van der Waals surface area contributed by atoms with Crippen LogP contribution in [-0.4, -0.2) is 59.4 Å². The molecule has 10 nitrogen and oxygen atoms in total. The molecule has 2 aromatic carbocycles. The Balaban J connectivity index is 1.11. The van der Waals surface area contributed by atoms with E-state index in [0.717, 1.165) is 40.3 Å². The zero-order chi connectivity index (χ0) is 38.2. The third-order valence-electron chi connectivity index (χ3n) is 10.4. The van der Waals surface area contributed by atoms with Gasteiger partial charge in [-0.3, -0.25) is 4.79 Å². The van der Waals surface area contributed by atoms with Gasteiger partial charge in [0.25, 0.3) is 0 Å². The van der Waals surface area contributed by atoms with Crippen LogP contribution in [-0.2, 0) is 30.5 Å². The number of hydrogen-bond acceptors (Lipinski definition) is 9. The van der Waals surface area contributed by atoms with Gasteiger partial charge in [0, 0.05) is 60.4 Å². The lowest BCUT2D eigenvalue weighted by molar-refractivity contribution is -0.139. The number of aromatic nitrogens is 2. The molecule has 4 aromatic rings. The van der Waals surface area contributed by atoms with Crippen LogP contribution < -0.4 is 30.2 Å². The van der Waals surface area contributed by atoms with Crippen molar-refractivity contribution in [3.63, 3.8) is 0 Å². The van der Waals surface area contributed by atoms with Gasteiger partial charge in [-0.2, -0.15) is 18.2 Å². The Morgan fingerprint density at radius 3 is 2.35 bits per heavy atom. The molecule has 7 rings (SSSR count). The smallest absolute Gasteiger partial charge is 0.421 e. The average molecular weight is 766 g/mol. The first kappa shape index (κ1) is 37.9. The summed E-state index contributed by atoms with van der Waals surface area (Å²) in [4.78, 5) is 20.5. The van der Waals surface area contributed by atoms with E-state index in [9.17, 15) is 23.1 Å². The number of alkyl halides is 3. The number of fused-ring (bicyclic) bond motifs is 1. The highest BCUT2D eigenvalue weighted by Gasteiger charge is 2.40. The summed E-state index contributed by atoms with van der Waals surface area (Å²) < 4.78 is 60.5. The summed E-state index contributed by atoms with van der Waals surface area (Å²) in [6, 6.07) is 16.3. The van der Waals surface area contributed by atoms with Gasteiger partial charge < -0.3 is 35.3 Å². The van der Waals surface area contributed by atoms with Crippen molar-refractivity contribution in [2.24, 2.45) is 0 Å². The summed E-state index contributed by atoms with van der Waals surface area (Å²) in [6.07, 6.45) is -2.04. The van der Waals surface area contributed by atoms with Crippen molar-refractivity contribution in [3.8, 4) is 40.0 Å². The molecule has 0 radical (unpaired) electrons. The normalized spacial score (nSPS) is 22.1. The maximum Gasteiger partial charge on any atom is 0.421 e. The number of pyridine rings is 2. The van der Waals surface area contributed by atoms with E-state index in [1.165, 1.54) is 7.11 Å². The Morgan fingerprint density at radius 1 is 0.926 bits per heavy atom. The first-order valence-electron chi connectivity index (χ1n) is 18.1. The van der Waals surface area contributed by atoms with Crippen molar-refractivity contribution in [3.05, 3.63) is 87.4 Å².